The van der Waals surface area contributed by atoms with Crippen molar-refractivity contribution in [2.45, 2.75) is 173 Å². The largest absolute Gasteiger partial charge is 0.445 e. The number of carbonyl (C=O) groups excluding carboxylic acids is 3. The van der Waals surface area contributed by atoms with Crippen LogP contribution >= 0.6 is 0 Å². The second-order valence-corrected chi connectivity index (χ2v) is 17.1. The fraction of sp³-hybridized carbons (Fsp3) is 0.909. The molecular formula is C33H60N4O6. The molecule has 3 aliphatic rings. The maximum atomic E-state index is 13.8. The van der Waals surface area contributed by atoms with Gasteiger partial charge in [-0.05, 0) is 104 Å². The Labute approximate surface area is 260 Å². The van der Waals surface area contributed by atoms with E-state index in [2.05, 4.69) is 119 Å². The molecule has 0 spiro atoms. The molecule has 0 aromatic rings. The Morgan fingerprint density at radius 2 is 0.605 bits per heavy atom. The van der Waals surface area contributed by atoms with Crippen molar-refractivity contribution >= 4 is 18.3 Å². The lowest BCUT2D eigenvalue weighted by Gasteiger charge is -2.53. The fourth-order valence-electron chi connectivity index (χ4n) is 7.90. The number of hydrogen-bond acceptors (Lipinski definition) is 9. The molecule has 3 amide bonds. The monoisotopic (exact) mass is 608 g/mol. The first kappa shape index (κ1) is 35.6. The van der Waals surface area contributed by atoms with E-state index >= 15 is 0 Å². The first-order valence-electron chi connectivity index (χ1n) is 15.9. The van der Waals surface area contributed by atoms with Crippen LogP contribution in [0.15, 0.2) is 0 Å². The summed E-state index contributed by atoms with van der Waals surface area (Å²) >= 11 is 0. The molecule has 0 N–H and O–H groups in total. The Hall–Kier alpha value is -1.91. The number of imide groups is 3. The molecule has 43 heavy (non-hydrogen) atoms. The van der Waals surface area contributed by atoms with Gasteiger partial charge in [-0.3, -0.25) is 14.7 Å². The van der Waals surface area contributed by atoms with Crippen LogP contribution in [0.5, 0.6) is 0 Å². The minimum absolute atomic E-state index is 0.255. The average Bonchev–Trinajstić information content (AvgIpc) is 2.78. The standard InChI is InChI=1S/C33H60N4O6/c1-28(2)16-22(17-29(3,4)34(28)13)41-25(38)37(26(39)42-23-18-30(5,6)35(14)31(7,8)19-23)27(40)43-24-20-32(9,10)36(15)33(11,12)21-24/h22-24H,16-21H2,1-15H3. The van der Waals surface area contributed by atoms with Crippen molar-refractivity contribution in [3.63, 3.8) is 0 Å². The van der Waals surface area contributed by atoms with E-state index in [9.17, 15) is 14.4 Å². The van der Waals surface area contributed by atoms with Crippen molar-refractivity contribution in [2.24, 2.45) is 0 Å². The van der Waals surface area contributed by atoms with E-state index in [1.165, 1.54) is 0 Å². The number of likely N-dealkylation sites (tertiary alicyclic amines) is 3. The summed E-state index contributed by atoms with van der Waals surface area (Å²) in [6, 6.07) is 0. The minimum Gasteiger partial charge on any atom is -0.445 e. The molecule has 0 aromatic heterocycles. The van der Waals surface area contributed by atoms with Crippen LogP contribution in [-0.4, -0.2) is 111 Å². The molecule has 0 bridgehead atoms. The summed E-state index contributed by atoms with van der Waals surface area (Å²) in [5.41, 5.74) is -1.53. The highest BCUT2D eigenvalue weighted by Gasteiger charge is 2.50. The maximum absolute atomic E-state index is 13.8. The second kappa shape index (κ2) is 11.5. The topological polar surface area (TPSA) is 91.9 Å². The second-order valence-electron chi connectivity index (χ2n) is 17.1. The lowest BCUT2D eigenvalue weighted by molar-refractivity contribution is -0.0855. The van der Waals surface area contributed by atoms with Gasteiger partial charge in [0.05, 0.1) is 0 Å². The van der Waals surface area contributed by atoms with E-state index < -0.39 is 36.6 Å². The van der Waals surface area contributed by atoms with Crippen molar-refractivity contribution in [3.05, 3.63) is 0 Å². The van der Waals surface area contributed by atoms with Crippen LogP contribution in [0.2, 0.25) is 0 Å². The molecule has 3 heterocycles. The number of amides is 3. The van der Waals surface area contributed by atoms with E-state index in [1.807, 2.05) is 0 Å². The van der Waals surface area contributed by atoms with Gasteiger partial charge in [0.1, 0.15) is 18.3 Å². The number of rotatable bonds is 3. The molecule has 3 fully saturated rings. The van der Waals surface area contributed by atoms with E-state index in [0.29, 0.717) is 43.4 Å². The minimum atomic E-state index is -1.05. The van der Waals surface area contributed by atoms with E-state index in [0.717, 1.165) is 0 Å². The first-order valence-corrected chi connectivity index (χ1v) is 15.9. The van der Waals surface area contributed by atoms with Crippen LogP contribution in [0.25, 0.3) is 0 Å². The molecular weight excluding hydrogens is 548 g/mol. The maximum Gasteiger partial charge on any atom is 0.429 e. The predicted molar refractivity (Wildman–Crippen MR) is 168 cm³/mol. The van der Waals surface area contributed by atoms with Gasteiger partial charge in [-0.25, -0.2) is 14.4 Å². The van der Waals surface area contributed by atoms with Crippen LogP contribution in [0, 0.1) is 0 Å². The lowest BCUT2D eigenvalue weighted by atomic mass is 9.79. The molecule has 248 valence electrons. The third-order valence-corrected chi connectivity index (χ3v) is 11.2. The lowest BCUT2D eigenvalue weighted by Crippen LogP contribution is -2.62. The molecule has 0 unspecified atom stereocenters. The van der Waals surface area contributed by atoms with Gasteiger partial charge in [0.25, 0.3) is 0 Å². The Balaban J connectivity index is 1.87. The van der Waals surface area contributed by atoms with Crippen molar-refractivity contribution in [1.82, 2.24) is 19.6 Å². The van der Waals surface area contributed by atoms with Gasteiger partial charge in [0, 0.05) is 71.8 Å². The van der Waals surface area contributed by atoms with Crippen LogP contribution in [0.3, 0.4) is 0 Å². The normalized spacial score (nSPS) is 27.7. The zero-order chi connectivity index (χ0) is 33.1. The molecule has 0 aromatic carbocycles. The molecule has 10 heteroatoms. The summed E-state index contributed by atoms with van der Waals surface area (Å²) < 4.78 is 17.8. The third kappa shape index (κ3) is 7.50. The molecule has 0 aliphatic carbocycles. The summed E-state index contributed by atoms with van der Waals surface area (Å²) in [6.07, 6.45) is -1.24. The molecule has 10 nitrogen and oxygen atoms in total. The Kier molecular flexibility index (Phi) is 9.49. The highest BCUT2D eigenvalue weighted by Crippen LogP contribution is 2.41. The summed E-state index contributed by atoms with van der Waals surface area (Å²) in [6.45, 7) is 25.2. The third-order valence-electron chi connectivity index (χ3n) is 11.2. The van der Waals surface area contributed by atoms with Crippen LogP contribution in [0.4, 0.5) is 14.4 Å². The van der Waals surface area contributed by atoms with E-state index in [1.54, 1.807) is 0 Å². The summed E-state index contributed by atoms with van der Waals surface area (Å²) in [7, 11) is 6.19. The van der Waals surface area contributed by atoms with Gasteiger partial charge < -0.3 is 14.2 Å². The summed E-state index contributed by atoms with van der Waals surface area (Å²) in [5, 5.41) is 0. The number of piperidine rings is 3. The van der Waals surface area contributed by atoms with Gasteiger partial charge in [-0.15, -0.1) is 4.90 Å². The van der Waals surface area contributed by atoms with Crippen molar-refractivity contribution in [3.8, 4) is 0 Å². The summed E-state index contributed by atoms with van der Waals surface area (Å²) in [5.74, 6) is 0. The van der Waals surface area contributed by atoms with Crippen molar-refractivity contribution < 1.29 is 28.6 Å². The van der Waals surface area contributed by atoms with Gasteiger partial charge in [-0.2, -0.15) is 0 Å². The number of nitrogens with zero attached hydrogens (tertiary/aromatic N) is 4. The Morgan fingerprint density at radius 1 is 0.442 bits per heavy atom. The SMILES string of the molecule is CN1C(C)(C)CC(OC(=O)N(C(=O)OC2CC(C)(C)N(C)C(C)(C)C2)C(=O)OC2CC(C)(C)N(C)C(C)(C)C2)CC1(C)C. The zero-order valence-corrected chi connectivity index (χ0v) is 29.7. The highest BCUT2D eigenvalue weighted by atomic mass is 16.6. The molecule has 3 rings (SSSR count). The molecule has 0 saturated carbocycles. The fourth-order valence-corrected chi connectivity index (χ4v) is 7.90. The van der Waals surface area contributed by atoms with Gasteiger partial charge in [0.15, 0.2) is 0 Å². The zero-order valence-electron chi connectivity index (χ0n) is 29.7. The molecule has 3 saturated heterocycles. The number of hydrogen-bond donors (Lipinski definition) is 0. The van der Waals surface area contributed by atoms with Gasteiger partial charge >= 0.3 is 18.3 Å². The number of carbonyl (C=O) groups is 3. The van der Waals surface area contributed by atoms with Crippen LogP contribution < -0.4 is 0 Å². The molecule has 0 radical (unpaired) electrons. The average molecular weight is 609 g/mol. The summed E-state index contributed by atoms with van der Waals surface area (Å²) in [4.78, 5) is 48.6. The van der Waals surface area contributed by atoms with E-state index in [-0.39, 0.29) is 33.2 Å². The number of ether oxygens (including phenoxy) is 3. The van der Waals surface area contributed by atoms with E-state index in [4.69, 9.17) is 14.2 Å². The Morgan fingerprint density at radius 3 is 0.767 bits per heavy atom. The van der Waals surface area contributed by atoms with Crippen LogP contribution in [0.1, 0.15) is 122 Å². The highest BCUT2D eigenvalue weighted by molar-refractivity contribution is 6.04. The van der Waals surface area contributed by atoms with Crippen LogP contribution in [-0.2, 0) is 14.2 Å². The smallest absolute Gasteiger partial charge is 0.429 e. The predicted octanol–water partition coefficient (Wildman–Crippen LogP) is 6.65. The molecule has 0 atom stereocenters. The quantitative estimate of drug-likeness (QED) is 0.327. The van der Waals surface area contributed by atoms with Gasteiger partial charge in [-0.1, -0.05) is 0 Å². The van der Waals surface area contributed by atoms with Crippen molar-refractivity contribution in [2.75, 3.05) is 21.1 Å². The first-order chi connectivity index (χ1) is 19.2. The van der Waals surface area contributed by atoms with Crippen molar-refractivity contribution in [1.29, 1.82) is 0 Å². The van der Waals surface area contributed by atoms with Gasteiger partial charge in [0.2, 0.25) is 0 Å². The Bertz CT molecular complexity index is 894. The molecule has 3 aliphatic heterocycles.